The molecule has 0 aliphatic carbocycles. The predicted molar refractivity (Wildman–Crippen MR) is 159 cm³/mol. The zero-order chi connectivity index (χ0) is 27.9. The lowest BCUT2D eigenvalue weighted by molar-refractivity contribution is -0.132. The molecule has 1 saturated heterocycles. The van der Waals surface area contributed by atoms with Crippen LogP contribution in [0.3, 0.4) is 0 Å². The number of anilines is 1. The molecule has 4 aromatic rings. The van der Waals surface area contributed by atoms with Crippen molar-refractivity contribution < 1.29 is 9.59 Å². The van der Waals surface area contributed by atoms with Gasteiger partial charge in [0.1, 0.15) is 6.54 Å². The number of aryl methyl sites for hydroxylation is 1. The minimum Gasteiger partial charge on any atom is -0.352 e. The highest BCUT2D eigenvalue weighted by Crippen LogP contribution is 2.24. The summed E-state index contributed by atoms with van der Waals surface area (Å²) < 4.78 is 0. The molecule has 0 saturated carbocycles. The van der Waals surface area contributed by atoms with Gasteiger partial charge in [-0.15, -0.1) is 10.2 Å². The van der Waals surface area contributed by atoms with Crippen molar-refractivity contribution in [2.24, 2.45) is 0 Å². The van der Waals surface area contributed by atoms with Crippen molar-refractivity contribution in [3.63, 3.8) is 0 Å². The molecule has 204 valence electrons. The van der Waals surface area contributed by atoms with Crippen molar-refractivity contribution in [3.8, 4) is 22.4 Å². The van der Waals surface area contributed by atoms with Crippen LogP contribution in [-0.4, -0.2) is 71.1 Å². The summed E-state index contributed by atoms with van der Waals surface area (Å²) in [5.74, 6) is 0.700. The van der Waals surface area contributed by atoms with E-state index in [2.05, 4.69) is 51.5 Å². The van der Waals surface area contributed by atoms with Gasteiger partial charge in [-0.3, -0.25) is 9.59 Å². The number of carbonyl (C=O) groups is 2. The molecule has 0 atom stereocenters. The van der Waals surface area contributed by atoms with Crippen molar-refractivity contribution in [3.05, 3.63) is 102 Å². The lowest BCUT2D eigenvalue weighted by Gasteiger charge is -2.36. The third kappa shape index (κ3) is 6.20. The van der Waals surface area contributed by atoms with Gasteiger partial charge in [-0.05, 0) is 48.2 Å². The van der Waals surface area contributed by atoms with Crippen molar-refractivity contribution in [2.75, 3.05) is 44.2 Å². The van der Waals surface area contributed by atoms with E-state index in [9.17, 15) is 9.59 Å². The monoisotopic (exact) mass is 533 g/mol. The highest BCUT2D eigenvalue weighted by Gasteiger charge is 2.26. The first-order valence-corrected chi connectivity index (χ1v) is 13.9. The molecular formula is C33H35N5O2. The third-order valence-electron chi connectivity index (χ3n) is 7.38. The summed E-state index contributed by atoms with van der Waals surface area (Å²) in [6.45, 7) is 7.11. The molecule has 0 radical (unpaired) electrons. The van der Waals surface area contributed by atoms with Gasteiger partial charge in [0.25, 0.3) is 5.91 Å². The topological polar surface area (TPSA) is 69.6 Å². The van der Waals surface area contributed by atoms with Crippen LogP contribution in [0.2, 0.25) is 0 Å². The van der Waals surface area contributed by atoms with Gasteiger partial charge in [0.2, 0.25) is 5.91 Å². The Balaban J connectivity index is 1.17. The number of benzene rings is 3. The van der Waals surface area contributed by atoms with E-state index in [4.69, 9.17) is 0 Å². The molecule has 1 aliphatic heterocycles. The number of nitrogens with zero attached hydrogens (tertiary/aromatic N) is 5. The van der Waals surface area contributed by atoms with Crippen LogP contribution < -0.4 is 4.90 Å². The maximum Gasteiger partial charge on any atom is 0.254 e. The summed E-state index contributed by atoms with van der Waals surface area (Å²) >= 11 is 0. The molecular weight excluding hydrogens is 498 g/mol. The first-order valence-electron chi connectivity index (χ1n) is 13.9. The highest BCUT2D eigenvalue weighted by atomic mass is 16.2. The average molecular weight is 534 g/mol. The highest BCUT2D eigenvalue weighted by molar-refractivity contribution is 5.97. The number of aromatic nitrogens is 2. The molecule has 1 aromatic heterocycles. The minimum atomic E-state index is -0.0861. The van der Waals surface area contributed by atoms with E-state index >= 15 is 0 Å². The quantitative estimate of drug-likeness (QED) is 0.307. The minimum absolute atomic E-state index is 0.0181. The lowest BCUT2D eigenvalue weighted by atomic mass is 10.0. The molecule has 2 heterocycles. The Morgan fingerprint density at radius 3 is 2.05 bits per heavy atom. The fourth-order valence-corrected chi connectivity index (χ4v) is 5.07. The van der Waals surface area contributed by atoms with E-state index in [0.717, 1.165) is 29.1 Å². The molecule has 1 fully saturated rings. The summed E-state index contributed by atoms with van der Waals surface area (Å²) in [6.07, 6.45) is 0.796. The van der Waals surface area contributed by atoms with Crippen molar-refractivity contribution in [1.29, 1.82) is 0 Å². The molecule has 3 aromatic carbocycles. The van der Waals surface area contributed by atoms with Gasteiger partial charge < -0.3 is 14.7 Å². The molecule has 0 N–H and O–H groups in total. The molecule has 0 unspecified atom stereocenters. The molecule has 40 heavy (non-hydrogen) atoms. The molecule has 7 heteroatoms. The Morgan fingerprint density at radius 2 is 1.40 bits per heavy atom. The van der Waals surface area contributed by atoms with E-state index < -0.39 is 0 Å². The summed E-state index contributed by atoms with van der Waals surface area (Å²) in [4.78, 5) is 32.0. The van der Waals surface area contributed by atoms with E-state index in [1.807, 2.05) is 73.3 Å². The number of amides is 2. The van der Waals surface area contributed by atoms with Crippen LogP contribution in [0.25, 0.3) is 22.4 Å². The fourth-order valence-electron chi connectivity index (χ4n) is 5.07. The smallest absolute Gasteiger partial charge is 0.254 e. The SMILES string of the molecule is CCCN(CC(=O)N1CCN(c2ccc(-c3ccc(-c4ccccc4)cc3)nn2)CC1)C(=O)c1ccccc1C. The molecule has 7 nitrogen and oxygen atoms in total. The molecule has 0 bridgehead atoms. The van der Waals surface area contributed by atoms with Gasteiger partial charge in [-0.25, -0.2) is 0 Å². The van der Waals surface area contributed by atoms with Gasteiger partial charge in [0, 0.05) is 43.9 Å². The predicted octanol–water partition coefficient (Wildman–Crippen LogP) is 5.32. The molecule has 0 spiro atoms. The Kier molecular flexibility index (Phi) is 8.50. The number of rotatable bonds is 8. The second-order valence-electron chi connectivity index (χ2n) is 10.1. The van der Waals surface area contributed by atoms with Gasteiger partial charge in [-0.1, -0.05) is 79.7 Å². The van der Waals surface area contributed by atoms with E-state index in [0.29, 0.717) is 38.3 Å². The Labute approximate surface area is 236 Å². The fraction of sp³-hybridized carbons (Fsp3) is 0.273. The largest absolute Gasteiger partial charge is 0.352 e. The molecule has 5 rings (SSSR count). The normalized spacial score (nSPS) is 13.2. The zero-order valence-corrected chi connectivity index (χ0v) is 23.2. The number of piperazine rings is 1. The van der Waals surface area contributed by atoms with Crippen molar-refractivity contribution in [2.45, 2.75) is 20.3 Å². The van der Waals surface area contributed by atoms with Crippen molar-refractivity contribution in [1.82, 2.24) is 20.0 Å². The standard InChI is InChI=1S/C33H35N5O2/c1-3-19-38(33(40)29-12-8-7-9-25(29)2)24-32(39)37-22-20-36(21-23-37)31-18-17-30(34-35-31)28-15-13-27(14-16-28)26-10-5-4-6-11-26/h4-18H,3,19-24H2,1-2H3. The lowest BCUT2D eigenvalue weighted by Crippen LogP contribution is -2.52. The summed E-state index contributed by atoms with van der Waals surface area (Å²) in [6, 6.07) is 30.2. The molecule has 1 aliphatic rings. The van der Waals surface area contributed by atoms with Gasteiger partial charge >= 0.3 is 0 Å². The third-order valence-corrected chi connectivity index (χ3v) is 7.38. The van der Waals surface area contributed by atoms with E-state index in [1.54, 1.807) is 4.90 Å². The van der Waals surface area contributed by atoms with E-state index in [1.165, 1.54) is 11.1 Å². The summed E-state index contributed by atoms with van der Waals surface area (Å²) in [7, 11) is 0. The second kappa shape index (κ2) is 12.6. The summed E-state index contributed by atoms with van der Waals surface area (Å²) in [5.41, 5.74) is 5.77. The van der Waals surface area contributed by atoms with Crippen LogP contribution in [0.5, 0.6) is 0 Å². The number of hydrogen-bond donors (Lipinski definition) is 0. The maximum absolute atomic E-state index is 13.2. The van der Waals surface area contributed by atoms with Crippen LogP contribution >= 0.6 is 0 Å². The maximum atomic E-state index is 13.2. The van der Waals surface area contributed by atoms with E-state index in [-0.39, 0.29) is 18.4 Å². The number of carbonyl (C=O) groups excluding carboxylic acids is 2. The van der Waals surface area contributed by atoms with Crippen LogP contribution in [0.4, 0.5) is 5.82 Å². The van der Waals surface area contributed by atoms with Crippen LogP contribution in [0.15, 0.2) is 91.0 Å². The first kappa shape index (κ1) is 27.1. The first-order chi connectivity index (χ1) is 19.5. The number of hydrogen-bond acceptors (Lipinski definition) is 5. The van der Waals surface area contributed by atoms with Crippen molar-refractivity contribution >= 4 is 17.6 Å². The van der Waals surface area contributed by atoms with Gasteiger partial charge in [0.15, 0.2) is 5.82 Å². The van der Waals surface area contributed by atoms with Crippen LogP contribution in [0.1, 0.15) is 29.3 Å². The zero-order valence-electron chi connectivity index (χ0n) is 23.2. The van der Waals surface area contributed by atoms with Crippen LogP contribution in [-0.2, 0) is 4.79 Å². The molecule has 2 amide bonds. The average Bonchev–Trinajstić information content (AvgIpc) is 3.01. The second-order valence-corrected chi connectivity index (χ2v) is 10.1. The Bertz CT molecular complexity index is 1430. The Hall–Kier alpha value is -4.52. The van der Waals surface area contributed by atoms with Crippen LogP contribution in [0, 0.1) is 6.92 Å². The van der Waals surface area contributed by atoms with Gasteiger partial charge in [-0.2, -0.15) is 0 Å². The summed E-state index contributed by atoms with van der Waals surface area (Å²) in [5, 5.41) is 8.97. The Morgan fingerprint density at radius 1 is 0.750 bits per heavy atom. The van der Waals surface area contributed by atoms with Gasteiger partial charge in [0.05, 0.1) is 5.69 Å².